The lowest BCUT2D eigenvalue weighted by Gasteiger charge is -2.18. The van der Waals surface area contributed by atoms with Gasteiger partial charge >= 0.3 is 0 Å². The van der Waals surface area contributed by atoms with E-state index < -0.39 is 0 Å². The normalized spacial score (nSPS) is 27.3. The van der Waals surface area contributed by atoms with Gasteiger partial charge in [0.1, 0.15) is 0 Å². The number of nitrogens with zero attached hydrogens (tertiary/aromatic N) is 1. The summed E-state index contributed by atoms with van der Waals surface area (Å²) in [6.45, 7) is 4.47. The van der Waals surface area contributed by atoms with Gasteiger partial charge in [0.25, 0.3) is 0 Å². The maximum absolute atomic E-state index is 12.2. The van der Waals surface area contributed by atoms with Gasteiger partial charge in [0.05, 0.1) is 6.54 Å². The van der Waals surface area contributed by atoms with E-state index in [0.717, 1.165) is 35.2 Å². The van der Waals surface area contributed by atoms with Gasteiger partial charge in [-0.15, -0.1) is 12.4 Å². The molecule has 0 spiro atoms. The van der Waals surface area contributed by atoms with Crippen LogP contribution in [0.3, 0.4) is 0 Å². The van der Waals surface area contributed by atoms with Crippen LogP contribution in [-0.4, -0.2) is 36.5 Å². The van der Waals surface area contributed by atoms with Crippen molar-refractivity contribution in [1.29, 1.82) is 0 Å². The van der Waals surface area contributed by atoms with Gasteiger partial charge in [-0.2, -0.15) is 0 Å². The van der Waals surface area contributed by atoms with Crippen LogP contribution in [0.1, 0.15) is 18.4 Å². The lowest BCUT2D eigenvalue weighted by Crippen LogP contribution is -2.34. The molecule has 1 aromatic carbocycles. The molecule has 6 heteroatoms. The third-order valence-electron chi connectivity index (χ3n) is 4.80. The highest BCUT2D eigenvalue weighted by Crippen LogP contribution is 2.36. The Hall–Kier alpha value is -0.620. The topological polar surface area (TPSA) is 58.4 Å². The summed E-state index contributed by atoms with van der Waals surface area (Å²) >= 11 is 3.47. The van der Waals surface area contributed by atoms with E-state index in [-0.39, 0.29) is 18.3 Å². The van der Waals surface area contributed by atoms with Crippen LogP contribution in [0.25, 0.3) is 0 Å². The molecular formula is C16H23BrClN3O. The number of aryl methyl sites for hydroxylation is 1. The van der Waals surface area contributed by atoms with Crippen LogP contribution in [0, 0.1) is 18.8 Å². The molecule has 2 fully saturated rings. The molecule has 1 aliphatic heterocycles. The third-order valence-corrected chi connectivity index (χ3v) is 5.69. The second-order valence-corrected chi connectivity index (χ2v) is 7.23. The van der Waals surface area contributed by atoms with Crippen molar-refractivity contribution in [3.8, 4) is 0 Å². The van der Waals surface area contributed by atoms with Gasteiger partial charge in [0.2, 0.25) is 5.91 Å². The van der Waals surface area contributed by atoms with Crippen LogP contribution in [0.15, 0.2) is 22.7 Å². The Morgan fingerprint density at radius 3 is 2.86 bits per heavy atom. The Morgan fingerprint density at radius 2 is 2.18 bits per heavy atom. The highest BCUT2D eigenvalue weighted by molar-refractivity contribution is 9.10. The number of carbonyl (C=O) groups excluding carboxylic acids is 1. The van der Waals surface area contributed by atoms with E-state index in [1.165, 1.54) is 6.42 Å². The molecule has 1 aromatic rings. The first-order valence-electron chi connectivity index (χ1n) is 7.57. The fourth-order valence-electron chi connectivity index (χ4n) is 3.65. The number of benzene rings is 1. The molecule has 0 aromatic heterocycles. The molecule has 22 heavy (non-hydrogen) atoms. The summed E-state index contributed by atoms with van der Waals surface area (Å²) in [6, 6.07) is 6.20. The molecule has 1 saturated heterocycles. The van der Waals surface area contributed by atoms with E-state index in [0.29, 0.717) is 24.4 Å². The van der Waals surface area contributed by atoms with Gasteiger partial charge in [-0.25, -0.2) is 0 Å². The number of halogens is 2. The molecule has 2 aliphatic rings. The molecule has 3 N–H and O–H groups in total. The van der Waals surface area contributed by atoms with E-state index in [2.05, 4.69) is 26.1 Å². The molecule has 3 rings (SSSR count). The Bertz CT molecular complexity index is 554. The number of amides is 1. The number of anilines is 1. The first kappa shape index (κ1) is 17.7. The predicted molar refractivity (Wildman–Crippen MR) is 95.4 cm³/mol. The van der Waals surface area contributed by atoms with Gasteiger partial charge in [-0.1, -0.05) is 15.9 Å². The average Bonchev–Trinajstić information content (AvgIpc) is 2.96. The number of hydrogen-bond acceptors (Lipinski definition) is 3. The van der Waals surface area contributed by atoms with Gasteiger partial charge in [0.15, 0.2) is 0 Å². The van der Waals surface area contributed by atoms with Crippen molar-refractivity contribution in [2.24, 2.45) is 17.6 Å². The minimum atomic E-state index is 0. The Kier molecular flexibility index (Phi) is 5.88. The van der Waals surface area contributed by atoms with Crippen LogP contribution in [0.4, 0.5) is 5.69 Å². The smallest absolute Gasteiger partial charge is 0.238 e. The summed E-state index contributed by atoms with van der Waals surface area (Å²) in [4.78, 5) is 14.4. The standard InChI is InChI=1S/C16H22BrN3O.ClH/c1-10-6-12(3-4-14(10)17)19-16(21)9-20-7-11-2-5-15(18)13(11)8-20;/h3-4,6,11,13,15H,2,5,7-9,18H2,1H3,(H,19,21);1H. The number of rotatable bonds is 3. The van der Waals surface area contributed by atoms with E-state index in [4.69, 9.17) is 5.73 Å². The minimum absolute atomic E-state index is 0. The van der Waals surface area contributed by atoms with Crippen molar-refractivity contribution < 1.29 is 4.79 Å². The van der Waals surface area contributed by atoms with Crippen molar-refractivity contribution in [1.82, 2.24) is 4.90 Å². The molecule has 1 aliphatic carbocycles. The first-order valence-corrected chi connectivity index (χ1v) is 8.36. The van der Waals surface area contributed by atoms with Gasteiger partial charge in [0, 0.05) is 29.3 Å². The van der Waals surface area contributed by atoms with Crippen LogP contribution in [0.2, 0.25) is 0 Å². The molecule has 1 saturated carbocycles. The predicted octanol–water partition coefficient (Wildman–Crippen LogP) is 2.79. The zero-order valence-corrected chi connectivity index (χ0v) is 15.1. The number of nitrogens with one attached hydrogen (secondary N) is 1. The summed E-state index contributed by atoms with van der Waals surface area (Å²) in [5.41, 5.74) is 8.11. The molecule has 0 bridgehead atoms. The Labute approximate surface area is 146 Å². The monoisotopic (exact) mass is 387 g/mol. The van der Waals surface area contributed by atoms with Crippen molar-refractivity contribution >= 4 is 39.9 Å². The van der Waals surface area contributed by atoms with E-state index in [9.17, 15) is 4.79 Å². The third kappa shape index (κ3) is 3.82. The largest absolute Gasteiger partial charge is 0.327 e. The lowest BCUT2D eigenvalue weighted by molar-refractivity contribution is -0.117. The highest BCUT2D eigenvalue weighted by Gasteiger charge is 2.41. The molecule has 1 heterocycles. The number of nitrogens with two attached hydrogens (primary N) is 1. The maximum Gasteiger partial charge on any atom is 0.238 e. The summed E-state index contributed by atoms with van der Waals surface area (Å²) in [6.07, 6.45) is 2.36. The summed E-state index contributed by atoms with van der Waals surface area (Å²) in [7, 11) is 0. The number of likely N-dealkylation sites (tertiary alicyclic amines) is 1. The second-order valence-electron chi connectivity index (χ2n) is 6.37. The summed E-state index contributed by atoms with van der Waals surface area (Å²) in [5, 5.41) is 2.98. The van der Waals surface area contributed by atoms with Crippen LogP contribution < -0.4 is 11.1 Å². The molecule has 122 valence electrons. The molecule has 3 unspecified atom stereocenters. The molecule has 3 atom stereocenters. The lowest BCUT2D eigenvalue weighted by atomic mass is 9.98. The van der Waals surface area contributed by atoms with Crippen molar-refractivity contribution in [2.45, 2.75) is 25.8 Å². The second kappa shape index (κ2) is 7.30. The van der Waals surface area contributed by atoms with E-state index >= 15 is 0 Å². The number of fused-ring (bicyclic) bond motifs is 1. The maximum atomic E-state index is 12.2. The zero-order chi connectivity index (χ0) is 15.0. The fraction of sp³-hybridized carbons (Fsp3) is 0.562. The zero-order valence-electron chi connectivity index (χ0n) is 12.7. The van der Waals surface area contributed by atoms with Gasteiger partial charge < -0.3 is 11.1 Å². The van der Waals surface area contributed by atoms with Gasteiger partial charge in [-0.3, -0.25) is 9.69 Å². The SMILES string of the molecule is Cc1cc(NC(=O)CN2CC3CCC(N)C3C2)ccc1Br.Cl. The number of hydrogen-bond donors (Lipinski definition) is 2. The Morgan fingerprint density at radius 1 is 1.41 bits per heavy atom. The summed E-state index contributed by atoms with van der Waals surface area (Å²) < 4.78 is 1.06. The van der Waals surface area contributed by atoms with E-state index in [1.54, 1.807) is 0 Å². The fourth-order valence-corrected chi connectivity index (χ4v) is 3.90. The van der Waals surface area contributed by atoms with Crippen molar-refractivity contribution in [3.05, 3.63) is 28.2 Å². The highest BCUT2D eigenvalue weighted by atomic mass is 79.9. The average molecular weight is 389 g/mol. The summed E-state index contributed by atoms with van der Waals surface area (Å²) in [5.74, 6) is 1.35. The number of carbonyl (C=O) groups is 1. The molecule has 1 amide bonds. The van der Waals surface area contributed by atoms with Crippen molar-refractivity contribution in [2.75, 3.05) is 25.0 Å². The molecule has 0 radical (unpaired) electrons. The van der Waals surface area contributed by atoms with Crippen LogP contribution >= 0.6 is 28.3 Å². The van der Waals surface area contributed by atoms with Crippen LogP contribution in [0.5, 0.6) is 0 Å². The quantitative estimate of drug-likeness (QED) is 0.837. The first-order chi connectivity index (χ1) is 10.0. The molecule has 4 nitrogen and oxygen atoms in total. The van der Waals surface area contributed by atoms with Crippen LogP contribution in [-0.2, 0) is 4.79 Å². The molecular weight excluding hydrogens is 366 g/mol. The minimum Gasteiger partial charge on any atom is -0.327 e. The van der Waals surface area contributed by atoms with E-state index in [1.807, 2.05) is 25.1 Å². The van der Waals surface area contributed by atoms with Gasteiger partial charge in [-0.05, 0) is 55.4 Å². The Balaban J connectivity index is 0.00000176. The van der Waals surface area contributed by atoms with Crippen molar-refractivity contribution in [3.63, 3.8) is 0 Å².